The van der Waals surface area contributed by atoms with E-state index < -0.39 is 17.6 Å². The first-order chi connectivity index (χ1) is 8.41. The van der Waals surface area contributed by atoms with E-state index in [0.29, 0.717) is 18.5 Å². The molecule has 0 aliphatic heterocycles. The fourth-order valence-electron chi connectivity index (χ4n) is 1.70. The normalized spacial score (nSPS) is 12.7. The molecule has 5 heteroatoms. The Morgan fingerprint density at radius 2 is 2.06 bits per heavy atom. The van der Waals surface area contributed by atoms with E-state index in [1.807, 2.05) is 18.9 Å². The van der Waals surface area contributed by atoms with E-state index in [9.17, 15) is 13.6 Å². The summed E-state index contributed by atoms with van der Waals surface area (Å²) in [6.45, 7) is 2.46. The van der Waals surface area contributed by atoms with E-state index in [-0.39, 0.29) is 12.5 Å². The number of carboxylic acids is 1. The van der Waals surface area contributed by atoms with Crippen molar-refractivity contribution < 1.29 is 18.7 Å². The van der Waals surface area contributed by atoms with Gasteiger partial charge in [-0.3, -0.25) is 9.69 Å². The molecule has 0 heterocycles. The summed E-state index contributed by atoms with van der Waals surface area (Å²) in [5.41, 5.74) is 0.673. The molecule has 1 atom stereocenters. The van der Waals surface area contributed by atoms with Crippen LogP contribution >= 0.6 is 0 Å². The number of rotatable bonds is 6. The van der Waals surface area contributed by atoms with Crippen LogP contribution in [0.4, 0.5) is 8.78 Å². The summed E-state index contributed by atoms with van der Waals surface area (Å²) in [7, 11) is 1.83. The number of aliphatic carboxylic acids is 1. The van der Waals surface area contributed by atoms with Crippen molar-refractivity contribution in [3.8, 4) is 0 Å². The number of benzene rings is 1. The molecule has 0 spiro atoms. The van der Waals surface area contributed by atoms with Gasteiger partial charge in [0.25, 0.3) is 0 Å². The summed E-state index contributed by atoms with van der Waals surface area (Å²) in [6, 6.07) is 3.73. The molecule has 0 saturated heterocycles. The van der Waals surface area contributed by atoms with Crippen LogP contribution < -0.4 is 0 Å². The van der Waals surface area contributed by atoms with Crippen molar-refractivity contribution in [1.29, 1.82) is 0 Å². The van der Waals surface area contributed by atoms with Crippen molar-refractivity contribution in [2.24, 2.45) is 0 Å². The summed E-state index contributed by atoms with van der Waals surface area (Å²) in [6.07, 6.45) is 0.634. The molecule has 0 radical (unpaired) electrons. The summed E-state index contributed by atoms with van der Waals surface area (Å²) >= 11 is 0. The van der Waals surface area contributed by atoms with Crippen molar-refractivity contribution in [3.63, 3.8) is 0 Å². The molecular weight excluding hydrogens is 240 g/mol. The first kappa shape index (κ1) is 14.6. The molecule has 0 aromatic heterocycles. The zero-order valence-electron chi connectivity index (χ0n) is 10.5. The third-order valence-corrected chi connectivity index (χ3v) is 2.99. The number of hydrogen-bond donors (Lipinski definition) is 1. The number of hydrogen-bond acceptors (Lipinski definition) is 2. The zero-order valence-corrected chi connectivity index (χ0v) is 10.5. The van der Waals surface area contributed by atoms with E-state index in [0.717, 1.165) is 6.07 Å². The Hall–Kier alpha value is -1.49. The Morgan fingerprint density at radius 3 is 2.61 bits per heavy atom. The molecule has 1 unspecified atom stereocenters. The third-order valence-electron chi connectivity index (χ3n) is 2.99. The minimum atomic E-state index is -0.863. The number of halogens is 2. The van der Waals surface area contributed by atoms with Crippen molar-refractivity contribution >= 4 is 5.97 Å². The molecule has 1 aromatic rings. The first-order valence-corrected chi connectivity index (χ1v) is 5.78. The van der Waals surface area contributed by atoms with Gasteiger partial charge >= 0.3 is 5.97 Å². The predicted octanol–water partition coefficient (Wildman–Crippen LogP) is 2.82. The lowest BCUT2D eigenvalue weighted by atomic mass is 10.1. The van der Waals surface area contributed by atoms with Crippen LogP contribution in [0.5, 0.6) is 0 Å². The molecule has 0 aliphatic carbocycles. The molecule has 1 N–H and O–H groups in total. The molecule has 3 nitrogen and oxygen atoms in total. The Bertz CT molecular complexity index is 423. The molecule has 1 rings (SSSR count). The fraction of sp³-hybridized carbons (Fsp3) is 0.462. The molecule has 0 bridgehead atoms. The van der Waals surface area contributed by atoms with Gasteiger partial charge in [-0.25, -0.2) is 8.78 Å². The van der Waals surface area contributed by atoms with Gasteiger partial charge in [0.1, 0.15) is 0 Å². The standard InChI is InChI=1S/C13H17F2NO2/c1-9(16(2)7-3-4-13(17)18)10-5-6-11(14)12(15)8-10/h5-6,8-9H,3-4,7H2,1-2H3,(H,17,18). The quantitative estimate of drug-likeness (QED) is 0.852. The SMILES string of the molecule is CC(c1ccc(F)c(F)c1)N(C)CCCC(=O)O. The highest BCUT2D eigenvalue weighted by atomic mass is 19.2. The van der Waals surface area contributed by atoms with Crippen LogP contribution in [0.2, 0.25) is 0 Å². The van der Waals surface area contributed by atoms with Crippen molar-refractivity contribution in [2.75, 3.05) is 13.6 Å². The number of nitrogens with zero attached hydrogens (tertiary/aromatic N) is 1. The second-order valence-corrected chi connectivity index (χ2v) is 4.33. The van der Waals surface area contributed by atoms with E-state index in [4.69, 9.17) is 5.11 Å². The highest BCUT2D eigenvalue weighted by Crippen LogP contribution is 2.21. The Labute approximate surface area is 105 Å². The second kappa shape index (κ2) is 6.44. The summed E-state index contributed by atoms with van der Waals surface area (Å²) in [5, 5.41) is 8.54. The summed E-state index contributed by atoms with van der Waals surface area (Å²) in [5.74, 6) is -2.55. The third kappa shape index (κ3) is 4.07. The van der Waals surface area contributed by atoms with Gasteiger partial charge in [0, 0.05) is 12.5 Å². The van der Waals surface area contributed by atoms with Gasteiger partial charge in [0.05, 0.1) is 0 Å². The smallest absolute Gasteiger partial charge is 0.303 e. The second-order valence-electron chi connectivity index (χ2n) is 4.33. The molecule has 100 valence electrons. The minimum absolute atomic E-state index is 0.0890. The molecule has 0 amide bonds. The number of carbonyl (C=O) groups is 1. The van der Waals surface area contributed by atoms with Crippen LogP contribution in [0.1, 0.15) is 31.4 Å². The lowest BCUT2D eigenvalue weighted by Crippen LogP contribution is -2.24. The zero-order chi connectivity index (χ0) is 13.7. The van der Waals surface area contributed by atoms with Crippen molar-refractivity contribution in [3.05, 3.63) is 35.4 Å². The largest absolute Gasteiger partial charge is 0.481 e. The van der Waals surface area contributed by atoms with E-state index in [1.54, 1.807) is 0 Å². The van der Waals surface area contributed by atoms with Crippen LogP contribution in [-0.4, -0.2) is 29.6 Å². The molecule has 18 heavy (non-hydrogen) atoms. The maximum atomic E-state index is 13.1. The van der Waals surface area contributed by atoms with Crippen molar-refractivity contribution in [1.82, 2.24) is 4.90 Å². The molecule has 0 aliphatic rings. The van der Waals surface area contributed by atoms with E-state index in [2.05, 4.69) is 0 Å². The van der Waals surface area contributed by atoms with Crippen LogP contribution in [0.25, 0.3) is 0 Å². The average molecular weight is 257 g/mol. The van der Waals surface area contributed by atoms with E-state index >= 15 is 0 Å². The first-order valence-electron chi connectivity index (χ1n) is 5.78. The van der Waals surface area contributed by atoms with Gasteiger partial charge in [0.2, 0.25) is 0 Å². The predicted molar refractivity (Wildman–Crippen MR) is 64.3 cm³/mol. The van der Waals surface area contributed by atoms with Crippen LogP contribution in [0.3, 0.4) is 0 Å². The highest BCUT2D eigenvalue weighted by molar-refractivity contribution is 5.66. The molecule has 0 fully saturated rings. The molecular formula is C13H17F2NO2. The topological polar surface area (TPSA) is 40.5 Å². The van der Waals surface area contributed by atoms with Gasteiger partial charge in [-0.15, -0.1) is 0 Å². The lowest BCUT2D eigenvalue weighted by Gasteiger charge is -2.24. The van der Waals surface area contributed by atoms with Crippen LogP contribution in [0, 0.1) is 11.6 Å². The van der Waals surface area contributed by atoms with Gasteiger partial charge in [-0.1, -0.05) is 6.07 Å². The van der Waals surface area contributed by atoms with Crippen LogP contribution in [0.15, 0.2) is 18.2 Å². The molecule has 0 saturated carbocycles. The van der Waals surface area contributed by atoms with Gasteiger partial charge in [-0.2, -0.15) is 0 Å². The minimum Gasteiger partial charge on any atom is -0.481 e. The lowest BCUT2D eigenvalue weighted by molar-refractivity contribution is -0.137. The monoisotopic (exact) mass is 257 g/mol. The maximum absolute atomic E-state index is 13.1. The maximum Gasteiger partial charge on any atom is 0.303 e. The average Bonchev–Trinajstić information content (AvgIpc) is 2.31. The Kier molecular flexibility index (Phi) is 5.22. The van der Waals surface area contributed by atoms with Gasteiger partial charge < -0.3 is 5.11 Å². The van der Waals surface area contributed by atoms with Crippen molar-refractivity contribution in [2.45, 2.75) is 25.8 Å². The Morgan fingerprint density at radius 1 is 1.39 bits per heavy atom. The molecule has 1 aromatic carbocycles. The van der Waals surface area contributed by atoms with Gasteiger partial charge in [0.15, 0.2) is 11.6 Å². The highest BCUT2D eigenvalue weighted by Gasteiger charge is 2.13. The van der Waals surface area contributed by atoms with E-state index in [1.165, 1.54) is 12.1 Å². The van der Waals surface area contributed by atoms with Gasteiger partial charge in [-0.05, 0) is 44.6 Å². The Balaban J connectivity index is 2.59. The number of carboxylic acid groups (broad SMARTS) is 1. The fourth-order valence-corrected chi connectivity index (χ4v) is 1.70. The van der Waals surface area contributed by atoms with Crippen LogP contribution in [-0.2, 0) is 4.79 Å². The summed E-state index contributed by atoms with van der Waals surface area (Å²) < 4.78 is 25.9. The summed E-state index contributed by atoms with van der Waals surface area (Å²) in [4.78, 5) is 12.3.